The molecule has 4 atom stereocenters. The van der Waals surface area contributed by atoms with Crippen LogP contribution in [-0.2, 0) is 14.4 Å². The maximum absolute atomic E-state index is 14.0. The number of hydrogen-bond acceptors (Lipinski definition) is 7. The molecule has 3 aliphatic heterocycles. The lowest BCUT2D eigenvalue weighted by molar-refractivity contribution is -0.136. The van der Waals surface area contributed by atoms with E-state index >= 15 is 0 Å². The Morgan fingerprint density at radius 2 is 1.69 bits per heavy atom. The molecule has 2 fully saturated rings. The molecule has 3 amide bonds. The topological polar surface area (TPSA) is 98.0 Å². The third-order valence-electron chi connectivity index (χ3n) is 8.26. The van der Waals surface area contributed by atoms with E-state index in [0.717, 1.165) is 51.0 Å². The minimum atomic E-state index is -0.984. The van der Waals surface area contributed by atoms with Gasteiger partial charge in [-0.15, -0.1) is 0 Å². The second-order valence-corrected chi connectivity index (χ2v) is 11.8. The first-order chi connectivity index (χ1) is 20.5. The highest BCUT2D eigenvalue weighted by Gasteiger charge is 2.55. The highest BCUT2D eigenvalue weighted by Crippen LogP contribution is 2.44. The highest BCUT2D eigenvalue weighted by molar-refractivity contribution is 9.10. The van der Waals surface area contributed by atoms with Crippen LogP contribution >= 0.6 is 15.9 Å². The molecule has 1 saturated heterocycles. The van der Waals surface area contributed by atoms with E-state index in [0.29, 0.717) is 5.69 Å². The number of fused-ring (bicyclic) bond motifs is 2. The van der Waals surface area contributed by atoms with Crippen molar-refractivity contribution in [2.45, 2.75) is 37.4 Å². The van der Waals surface area contributed by atoms with Crippen molar-refractivity contribution in [1.29, 1.82) is 0 Å². The van der Waals surface area contributed by atoms with E-state index in [1.54, 1.807) is 23.2 Å². The molecule has 7 rings (SSSR count). The Labute approximate surface area is 251 Å². The summed E-state index contributed by atoms with van der Waals surface area (Å²) in [5, 5.41) is 16.1. The Bertz CT molecular complexity index is 1660. The first kappa shape index (κ1) is 26.5. The summed E-state index contributed by atoms with van der Waals surface area (Å²) in [4.78, 5) is 41.8. The number of amides is 3. The molecule has 0 N–H and O–H groups in total. The summed E-state index contributed by atoms with van der Waals surface area (Å²) in [5.74, 6) is -1.15. The van der Waals surface area contributed by atoms with Crippen LogP contribution in [0.2, 0.25) is 0 Å². The first-order valence-corrected chi connectivity index (χ1v) is 14.8. The fraction of sp³-hybridized carbons (Fsp3) is 0.250. The van der Waals surface area contributed by atoms with Gasteiger partial charge in [-0.05, 0) is 60.2 Å². The average Bonchev–Trinajstić information content (AvgIpc) is 3.67. The summed E-state index contributed by atoms with van der Waals surface area (Å²) in [6.07, 6.45) is 4.97. The van der Waals surface area contributed by atoms with Gasteiger partial charge in [0.1, 0.15) is 6.54 Å². The number of imide groups is 1. The SMILES string of the molecule is O=C1C2N=NN(CC(=O)N3N=C4/C(=C/c5ccccc5)CCCC4C3c3ccccc3)C2C(=O)N1c1cccc(Br)c1. The molecule has 4 unspecified atom stereocenters. The molecule has 42 heavy (non-hydrogen) atoms. The van der Waals surface area contributed by atoms with Crippen LogP contribution in [0, 0.1) is 5.92 Å². The van der Waals surface area contributed by atoms with Crippen molar-refractivity contribution in [3.8, 4) is 0 Å². The van der Waals surface area contributed by atoms with Gasteiger partial charge in [-0.1, -0.05) is 87.9 Å². The zero-order chi connectivity index (χ0) is 28.8. The Balaban J connectivity index is 1.18. The second-order valence-electron chi connectivity index (χ2n) is 10.8. The molecular weight excluding hydrogens is 596 g/mol. The molecule has 0 spiro atoms. The van der Waals surface area contributed by atoms with Crippen LogP contribution in [0.15, 0.2) is 110 Å². The first-order valence-electron chi connectivity index (χ1n) is 14.0. The zero-order valence-electron chi connectivity index (χ0n) is 22.6. The summed E-state index contributed by atoms with van der Waals surface area (Å²) in [7, 11) is 0. The van der Waals surface area contributed by atoms with Gasteiger partial charge in [-0.25, -0.2) is 9.91 Å². The van der Waals surface area contributed by atoms with Gasteiger partial charge in [0, 0.05) is 10.4 Å². The fourth-order valence-electron chi connectivity index (χ4n) is 6.38. The molecule has 3 heterocycles. The van der Waals surface area contributed by atoms with Crippen molar-refractivity contribution in [2.75, 3.05) is 11.4 Å². The molecule has 0 aromatic heterocycles. The van der Waals surface area contributed by atoms with E-state index in [1.165, 1.54) is 5.01 Å². The van der Waals surface area contributed by atoms with E-state index in [1.807, 2.05) is 54.6 Å². The van der Waals surface area contributed by atoms with Crippen molar-refractivity contribution in [2.24, 2.45) is 21.4 Å². The van der Waals surface area contributed by atoms with Crippen molar-refractivity contribution in [3.05, 3.63) is 106 Å². The molecule has 3 aromatic rings. The Morgan fingerprint density at radius 3 is 2.45 bits per heavy atom. The van der Waals surface area contributed by atoms with Crippen LogP contribution in [-0.4, -0.2) is 52.1 Å². The van der Waals surface area contributed by atoms with Crippen LogP contribution in [0.5, 0.6) is 0 Å². The Hall–Kier alpha value is -4.44. The van der Waals surface area contributed by atoms with E-state index in [-0.39, 0.29) is 24.4 Å². The molecule has 210 valence electrons. The fourth-order valence-corrected chi connectivity index (χ4v) is 6.76. The quantitative estimate of drug-likeness (QED) is 0.348. The molecule has 9 nitrogen and oxygen atoms in total. The predicted molar refractivity (Wildman–Crippen MR) is 161 cm³/mol. The average molecular weight is 624 g/mol. The third kappa shape index (κ3) is 4.56. The zero-order valence-corrected chi connectivity index (χ0v) is 24.2. The van der Waals surface area contributed by atoms with Gasteiger partial charge in [-0.3, -0.25) is 19.4 Å². The van der Waals surface area contributed by atoms with Crippen LogP contribution in [0.4, 0.5) is 5.69 Å². The summed E-state index contributed by atoms with van der Waals surface area (Å²) in [6.45, 7) is -0.222. The van der Waals surface area contributed by atoms with E-state index < -0.39 is 23.9 Å². The van der Waals surface area contributed by atoms with E-state index in [9.17, 15) is 14.4 Å². The molecule has 1 aliphatic carbocycles. The monoisotopic (exact) mass is 622 g/mol. The Morgan fingerprint density at radius 1 is 0.929 bits per heavy atom. The Kier molecular flexibility index (Phi) is 6.78. The number of anilines is 1. The summed E-state index contributed by atoms with van der Waals surface area (Å²) in [5.41, 5.74) is 4.62. The molecule has 0 radical (unpaired) electrons. The molecular formula is C32H27BrN6O3. The second kappa shape index (κ2) is 10.8. The van der Waals surface area contributed by atoms with Gasteiger partial charge in [0.05, 0.1) is 17.4 Å². The molecule has 4 aliphatic rings. The van der Waals surface area contributed by atoms with Crippen molar-refractivity contribution in [3.63, 3.8) is 0 Å². The van der Waals surface area contributed by atoms with Crippen molar-refractivity contribution < 1.29 is 14.4 Å². The minimum absolute atomic E-state index is 0.0507. The molecule has 3 aromatic carbocycles. The lowest BCUT2D eigenvalue weighted by atomic mass is 9.77. The lowest BCUT2D eigenvalue weighted by Crippen LogP contribution is -2.45. The molecule has 10 heteroatoms. The summed E-state index contributed by atoms with van der Waals surface area (Å²) in [6, 6.07) is 24.8. The van der Waals surface area contributed by atoms with Gasteiger partial charge in [-0.2, -0.15) is 10.2 Å². The lowest BCUT2D eigenvalue weighted by Gasteiger charge is -2.30. The predicted octanol–water partition coefficient (Wildman–Crippen LogP) is 5.57. The van der Waals surface area contributed by atoms with Gasteiger partial charge < -0.3 is 0 Å². The summed E-state index contributed by atoms with van der Waals surface area (Å²) >= 11 is 3.40. The maximum atomic E-state index is 14.0. The third-order valence-corrected chi connectivity index (χ3v) is 8.75. The number of benzene rings is 3. The number of carbonyl (C=O) groups is 3. The minimum Gasteiger partial charge on any atom is -0.271 e. The van der Waals surface area contributed by atoms with Crippen molar-refractivity contribution >= 4 is 51.1 Å². The number of hydrogen-bond donors (Lipinski definition) is 0. The van der Waals surface area contributed by atoms with Gasteiger partial charge in [0.25, 0.3) is 17.7 Å². The number of nitrogens with zero attached hydrogens (tertiary/aromatic N) is 6. The number of hydrazone groups is 1. The van der Waals surface area contributed by atoms with Gasteiger partial charge in [0.15, 0.2) is 12.1 Å². The smallest absolute Gasteiger partial charge is 0.264 e. The van der Waals surface area contributed by atoms with Crippen molar-refractivity contribution in [1.82, 2.24) is 10.0 Å². The number of rotatable bonds is 5. The number of halogens is 1. The van der Waals surface area contributed by atoms with Gasteiger partial charge in [0.2, 0.25) is 0 Å². The maximum Gasteiger partial charge on any atom is 0.264 e. The highest BCUT2D eigenvalue weighted by atomic mass is 79.9. The van der Waals surface area contributed by atoms with Crippen LogP contribution in [0.25, 0.3) is 6.08 Å². The van der Waals surface area contributed by atoms with Crippen LogP contribution in [0.1, 0.15) is 36.4 Å². The van der Waals surface area contributed by atoms with E-state index in [2.05, 4.69) is 44.5 Å². The normalized spacial score (nSPS) is 25.7. The number of carbonyl (C=O) groups excluding carboxylic acids is 3. The molecule has 1 saturated carbocycles. The number of allylic oxidation sites excluding steroid dienone is 1. The van der Waals surface area contributed by atoms with Crippen LogP contribution < -0.4 is 4.90 Å². The molecule has 0 bridgehead atoms. The standard InChI is InChI=1S/C32H27BrN6O3/c33-23-14-8-15-24(18-23)38-31(41)28-30(32(38)42)37(36-34-28)19-26(40)39-29(21-11-5-2-6-12-21)25-16-7-13-22(27(25)35-39)17-20-9-3-1-4-10-20/h1-6,8-12,14-15,17-18,25,28-30H,7,13,16,19H2/b22-17+. The van der Waals surface area contributed by atoms with Crippen LogP contribution in [0.3, 0.4) is 0 Å². The van der Waals surface area contributed by atoms with E-state index in [4.69, 9.17) is 5.10 Å². The largest absolute Gasteiger partial charge is 0.271 e. The summed E-state index contributed by atoms with van der Waals surface area (Å²) < 4.78 is 0.744. The van der Waals surface area contributed by atoms with Gasteiger partial charge >= 0.3 is 0 Å².